The van der Waals surface area contributed by atoms with Gasteiger partial charge in [-0.15, -0.1) is 11.3 Å². The molecule has 6 heteroatoms. The maximum absolute atomic E-state index is 13.4. The molecule has 4 aromatic rings. The first-order valence-corrected chi connectivity index (χ1v) is 10.4. The molecule has 4 nitrogen and oxygen atoms in total. The van der Waals surface area contributed by atoms with E-state index < -0.39 is 0 Å². The van der Waals surface area contributed by atoms with E-state index in [0.717, 1.165) is 21.8 Å². The van der Waals surface area contributed by atoms with E-state index in [1.807, 2.05) is 53.9 Å². The minimum absolute atomic E-state index is 0.0638. The van der Waals surface area contributed by atoms with Crippen molar-refractivity contribution >= 4 is 17.2 Å². The summed E-state index contributed by atoms with van der Waals surface area (Å²) in [5.41, 5.74) is 3.32. The van der Waals surface area contributed by atoms with Crippen molar-refractivity contribution in [3.05, 3.63) is 107 Å². The first kappa shape index (κ1) is 19.9. The van der Waals surface area contributed by atoms with Crippen LogP contribution in [0.25, 0.3) is 10.7 Å². The van der Waals surface area contributed by atoms with Crippen LogP contribution in [0.3, 0.4) is 0 Å². The van der Waals surface area contributed by atoms with Gasteiger partial charge in [0.15, 0.2) is 0 Å². The lowest BCUT2D eigenvalue weighted by atomic mass is 9.97. The zero-order valence-corrected chi connectivity index (χ0v) is 17.2. The Kier molecular flexibility index (Phi) is 5.95. The molecule has 0 spiro atoms. The maximum Gasteiger partial charge on any atom is 0.229 e. The van der Waals surface area contributed by atoms with Crippen LogP contribution in [0.4, 0.5) is 4.39 Å². The van der Waals surface area contributed by atoms with Crippen LogP contribution in [-0.4, -0.2) is 27.8 Å². The predicted molar refractivity (Wildman–Crippen MR) is 117 cm³/mol. The van der Waals surface area contributed by atoms with E-state index in [9.17, 15) is 9.18 Å². The summed E-state index contributed by atoms with van der Waals surface area (Å²) in [5.74, 6) is -0.366. The van der Waals surface area contributed by atoms with Gasteiger partial charge in [0, 0.05) is 18.6 Å². The fourth-order valence-electron chi connectivity index (χ4n) is 3.34. The molecule has 0 radical (unpaired) electrons. The Bertz CT molecular complexity index is 1110. The highest BCUT2D eigenvalue weighted by atomic mass is 32.1. The maximum atomic E-state index is 13.4. The number of carbonyl (C=O) groups excluding carboxylic acids is 1. The van der Waals surface area contributed by atoms with Gasteiger partial charge in [0.05, 0.1) is 23.9 Å². The Labute approximate surface area is 178 Å². The number of halogens is 1. The van der Waals surface area contributed by atoms with Crippen LogP contribution >= 0.6 is 11.3 Å². The van der Waals surface area contributed by atoms with Crippen molar-refractivity contribution in [1.82, 2.24) is 14.9 Å². The van der Waals surface area contributed by atoms with Gasteiger partial charge in [-0.25, -0.2) is 9.37 Å². The highest BCUT2D eigenvalue weighted by molar-refractivity contribution is 7.13. The van der Waals surface area contributed by atoms with Gasteiger partial charge >= 0.3 is 0 Å². The quantitative estimate of drug-likeness (QED) is 0.437. The SMILES string of the molecule is CN(C(=O)Cc1csc(-c2ccccn2)n1)C(c1ccccc1)c1ccc(F)cc1. The second-order valence-electron chi connectivity index (χ2n) is 6.91. The number of likely N-dealkylation sites (N-methyl/N-ethyl adjacent to an activating group) is 1. The summed E-state index contributed by atoms with van der Waals surface area (Å²) >= 11 is 1.47. The molecule has 1 amide bonds. The Morgan fingerprint density at radius 3 is 2.40 bits per heavy atom. The van der Waals surface area contributed by atoms with Crippen molar-refractivity contribution in [1.29, 1.82) is 0 Å². The number of carbonyl (C=O) groups is 1. The minimum Gasteiger partial charge on any atom is -0.334 e. The van der Waals surface area contributed by atoms with Gasteiger partial charge in [0.2, 0.25) is 5.91 Å². The molecule has 0 saturated heterocycles. The number of aromatic nitrogens is 2. The Balaban J connectivity index is 1.57. The normalized spacial score (nSPS) is 11.8. The van der Waals surface area contributed by atoms with Crippen LogP contribution in [0.5, 0.6) is 0 Å². The predicted octanol–water partition coefficient (Wildman–Crippen LogP) is 5.13. The minimum atomic E-state index is -0.312. The van der Waals surface area contributed by atoms with Crippen molar-refractivity contribution in [2.75, 3.05) is 7.05 Å². The lowest BCUT2D eigenvalue weighted by molar-refractivity contribution is -0.130. The number of pyridine rings is 1. The van der Waals surface area contributed by atoms with Crippen LogP contribution in [0, 0.1) is 5.82 Å². The smallest absolute Gasteiger partial charge is 0.229 e. The van der Waals surface area contributed by atoms with Gasteiger partial charge in [-0.3, -0.25) is 9.78 Å². The lowest BCUT2D eigenvalue weighted by Crippen LogP contribution is -2.33. The topological polar surface area (TPSA) is 46.1 Å². The number of hydrogen-bond donors (Lipinski definition) is 0. The van der Waals surface area contributed by atoms with Crippen molar-refractivity contribution in [3.63, 3.8) is 0 Å². The van der Waals surface area contributed by atoms with Crippen LogP contribution in [-0.2, 0) is 11.2 Å². The van der Waals surface area contributed by atoms with E-state index >= 15 is 0 Å². The number of thiazole rings is 1. The second kappa shape index (κ2) is 8.97. The van der Waals surface area contributed by atoms with E-state index in [1.165, 1.54) is 23.5 Å². The summed E-state index contributed by atoms with van der Waals surface area (Å²) in [6.07, 6.45) is 1.91. The Morgan fingerprint density at radius 2 is 1.70 bits per heavy atom. The molecular weight excluding hydrogens is 397 g/mol. The monoisotopic (exact) mass is 417 g/mol. The summed E-state index contributed by atoms with van der Waals surface area (Å²) in [5, 5.41) is 2.68. The first-order chi connectivity index (χ1) is 14.6. The van der Waals surface area contributed by atoms with Crippen LogP contribution in [0.1, 0.15) is 22.9 Å². The number of amides is 1. The number of benzene rings is 2. The third-order valence-corrected chi connectivity index (χ3v) is 5.76. The third kappa shape index (κ3) is 4.44. The zero-order chi connectivity index (χ0) is 20.9. The van der Waals surface area contributed by atoms with Crippen molar-refractivity contribution in [2.45, 2.75) is 12.5 Å². The number of nitrogens with zero attached hydrogens (tertiary/aromatic N) is 3. The van der Waals surface area contributed by atoms with E-state index in [1.54, 1.807) is 30.3 Å². The highest BCUT2D eigenvalue weighted by Crippen LogP contribution is 2.29. The van der Waals surface area contributed by atoms with Crippen LogP contribution < -0.4 is 0 Å². The Hall–Kier alpha value is -3.38. The molecule has 150 valence electrons. The molecule has 1 unspecified atom stereocenters. The summed E-state index contributed by atoms with van der Waals surface area (Å²) in [7, 11) is 1.77. The molecular formula is C24H20FN3OS. The summed E-state index contributed by atoms with van der Waals surface area (Å²) in [6.45, 7) is 0. The van der Waals surface area contributed by atoms with Crippen molar-refractivity contribution in [3.8, 4) is 10.7 Å². The van der Waals surface area contributed by atoms with Crippen molar-refractivity contribution in [2.24, 2.45) is 0 Å². The third-order valence-electron chi connectivity index (χ3n) is 4.85. The number of rotatable bonds is 6. The lowest BCUT2D eigenvalue weighted by Gasteiger charge is -2.29. The fraction of sp³-hybridized carbons (Fsp3) is 0.125. The average Bonchev–Trinajstić information content (AvgIpc) is 3.25. The van der Waals surface area contributed by atoms with Crippen LogP contribution in [0.15, 0.2) is 84.4 Å². The van der Waals surface area contributed by atoms with E-state index in [-0.39, 0.29) is 24.2 Å². The van der Waals surface area contributed by atoms with E-state index in [0.29, 0.717) is 5.69 Å². The molecule has 1 atom stereocenters. The van der Waals surface area contributed by atoms with Gasteiger partial charge in [-0.1, -0.05) is 48.5 Å². The molecule has 30 heavy (non-hydrogen) atoms. The Morgan fingerprint density at radius 1 is 1.00 bits per heavy atom. The van der Waals surface area contributed by atoms with E-state index in [2.05, 4.69) is 9.97 Å². The standard InChI is InChI=1S/C24H20FN3OS/c1-28(22(29)15-20-16-30-24(27-20)21-9-5-6-14-26-21)23(17-7-3-2-4-8-17)18-10-12-19(25)13-11-18/h2-14,16,23H,15H2,1H3. The summed E-state index contributed by atoms with van der Waals surface area (Å²) in [6, 6.07) is 21.4. The summed E-state index contributed by atoms with van der Waals surface area (Å²) in [4.78, 5) is 23.7. The molecule has 0 fully saturated rings. The fourth-order valence-corrected chi connectivity index (χ4v) is 4.13. The highest BCUT2D eigenvalue weighted by Gasteiger charge is 2.24. The molecule has 0 aliphatic heterocycles. The molecule has 0 aliphatic carbocycles. The zero-order valence-electron chi connectivity index (χ0n) is 16.4. The van der Waals surface area contributed by atoms with Gasteiger partial charge in [0.25, 0.3) is 0 Å². The molecule has 2 aromatic heterocycles. The molecule has 0 aliphatic rings. The summed E-state index contributed by atoms with van der Waals surface area (Å²) < 4.78 is 13.4. The molecule has 0 N–H and O–H groups in total. The van der Waals surface area contributed by atoms with Crippen molar-refractivity contribution < 1.29 is 9.18 Å². The molecule has 0 bridgehead atoms. The molecule has 2 heterocycles. The van der Waals surface area contributed by atoms with E-state index in [4.69, 9.17) is 0 Å². The molecule has 4 rings (SSSR count). The largest absolute Gasteiger partial charge is 0.334 e. The first-order valence-electron chi connectivity index (χ1n) is 9.53. The van der Waals surface area contributed by atoms with Gasteiger partial charge in [-0.05, 0) is 35.4 Å². The van der Waals surface area contributed by atoms with Crippen LogP contribution in [0.2, 0.25) is 0 Å². The average molecular weight is 418 g/mol. The van der Waals surface area contributed by atoms with Gasteiger partial charge < -0.3 is 4.90 Å². The van der Waals surface area contributed by atoms with Gasteiger partial charge in [-0.2, -0.15) is 0 Å². The molecule has 0 saturated carbocycles. The number of hydrogen-bond acceptors (Lipinski definition) is 4. The molecule has 2 aromatic carbocycles. The van der Waals surface area contributed by atoms with Gasteiger partial charge in [0.1, 0.15) is 10.8 Å². The second-order valence-corrected chi connectivity index (χ2v) is 7.76.